The van der Waals surface area contributed by atoms with Crippen LogP contribution in [0, 0.1) is 0 Å². The predicted octanol–water partition coefficient (Wildman–Crippen LogP) is 3.57. The van der Waals surface area contributed by atoms with Crippen LogP contribution in [0.25, 0.3) is 0 Å². The van der Waals surface area contributed by atoms with Gasteiger partial charge in [0.15, 0.2) is 6.10 Å². The fourth-order valence-electron chi connectivity index (χ4n) is 3.65. The van der Waals surface area contributed by atoms with E-state index in [1.807, 2.05) is 60.7 Å². The highest BCUT2D eigenvalue weighted by molar-refractivity contribution is 8.01. The van der Waals surface area contributed by atoms with E-state index < -0.39 is 18.1 Å². The fraction of sp³-hybridized carbons (Fsp3) is 0.304. The molecule has 156 valence electrons. The van der Waals surface area contributed by atoms with Crippen LogP contribution in [0.3, 0.4) is 0 Å². The molecule has 0 spiro atoms. The minimum atomic E-state index is -0.558. The van der Waals surface area contributed by atoms with Gasteiger partial charge in [-0.2, -0.15) is 11.8 Å². The number of rotatable bonds is 7. The van der Waals surface area contributed by atoms with Crippen LogP contribution in [-0.2, 0) is 14.3 Å². The summed E-state index contributed by atoms with van der Waals surface area (Å²) in [6.07, 6.45) is -0.550. The molecule has 1 saturated heterocycles. The first-order chi connectivity index (χ1) is 14.6. The van der Waals surface area contributed by atoms with Crippen LogP contribution in [0.15, 0.2) is 71.9 Å². The molecule has 7 heteroatoms. The molecule has 1 amide bonds. The highest BCUT2D eigenvalue weighted by Gasteiger charge is 2.52. The van der Waals surface area contributed by atoms with E-state index in [0.29, 0.717) is 17.2 Å². The largest absolute Gasteiger partial charge is 0.448 e. The van der Waals surface area contributed by atoms with Crippen LogP contribution in [0.4, 0.5) is 0 Å². The predicted molar refractivity (Wildman–Crippen MR) is 122 cm³/mol. The molecule has 2 aliphatic rings. The maximum atomic E-state index is 13.4. The second-order valence-electron chi connectivity index (χ2n) is 7.13. The topological polar surface area (TPSA) is 72.6 Å². The summed E-state index contributed by atoms with van der Waals surface area (Å²) in [5, 5.41) is -0.192. The fourth-order valence-corrected chi connectivity index (χ4v) is 5.76. The molecule has 1 unspecified atom stereocenters. The maximum Gasteiger partial charge on any atom is 0.356 e. The van der Waals surface area contributed by atoms with Crippen molar-refractivity contribution in [3.05, 3.63) is 83.1 Å². The zero-order valence-electron chi connectivity index (χ0n) is 16.7. The van der Waals surface area contributed by atoms with Crippen molar-refractivity contribution in [3.63, 3.8) is 0 Å². The Morgan fingerprint density at radius 1 is 1.17 bits per heavy atom. The minimum absolute atomic E-state index is 0.192. The smallest absolute Gasteiger partial charge is 0.356 e. The molecule has 0 aliphatic carbocycles. The first-order valence-corrected chi connectivity index (χ1v) is 12.1. The zero-order chi connectivity index (χ0) is 21.1. The van der Waals surface area contributed by atoms with Crippen LogP contribution in [-0.4, -0.2) is 45.5 Å². The van der Waals surface area contributed by atoms with Gasteiger partial charge in [0.2, 0.25) is 5.91 Å². The molecule has 0 radical (unpaired) electrons. The number of fused-ring (bicyclic) bond motifs is 1. The summed E-state index contributed by atoms with van der Waals surface area (Å²) >= 11 is 3.35. The molecule has 0 aromatic heterocycles. The van der Waals surface area contributed by atoms with Crippen LogP contribution in [0.2, 0.25) is 0 Å². The van der Waals surface area contributed by atoms with Crippen molar-refractivity contribution in [1.29, 1.82) is 0 Å². The number of thioether (sulfide) groups is 2. The monoisotopic (exact) mass is 440 g/mol. The van der Waals surface area contributed by atoms with Gasteiger partial charge in [0, 0.05) is 11.5 Å². The number of nitrogens with two attached hydrogens (primary N) is 1. The Bertz CT molecular complexity index is 910. The molecule has 5 nitrogen and oxygen atoms in total. The van der Waals surface area contributed by atoms with Gasteiger partial charge >= 0.3 is 5.97 Å². The number of carbonyl (C=O) groups excluding carboxylic acids is 2. The van der Waals surface area contributed by atoms with Crippen LogP contribution in [0.1, 0.15) is 24.2 Å². The third-order valence-electron chi connectivity index (χ3n) is 5.19. The number of benzene rings is 2. The van der Waals surface area contributed by atoms with E-state index in [-0.39, 0.29) is 11.3 Å². The molecule has 2 aromatic rings. The van der Waals surface area contributed by atoms with E-state index in [2.05, 4.69) is 6.92 Å². The number of hydrogen-bond acceptors (Lipinski definition) is 6. The summed E-state index contributed by atoms with van der Waals surface area (Å²) in [6, 6.07) is 18.8. The van der Waals surface area contributed by atoms with Crippen molar-refractivity contribution in [1.82, 2.24) is 4.90 Å². The Morgan fingerprint density at radius 3 is 2.33 bits per heavy atom. The van der Waals surface area contributed by atoms with Gasteiger partial charge in [-0.3, -0.25) is 9.69 Å². The summed E-state index contributed by atoms with van der Waals surface area (Å²) in [4.78, 5) is 27.5. The van der Waals surface area contributed by atoms with Gasteiger partial charge in [-0.05, 0) is 22.5 Å². The Hall–Kier alpha value is -2.22. The van der Waals surface area contributed by atoms with Gasteiger partial charge in [0.05, 0.1) is 0 Å². The average molecular weight is 441 g/mol. The van der Waals surface area contributed by atoms with Gasteiger partial charge in [-0.15, -0.1) is 11.8 Å². The molecule has 2 N–H and O–H groups in total. The number of β-lactam (4-membered cyclic amide) rings is 1. The number of carbonyl (C=O) groups is 2. The summed E-state index contributed by atoms with van der Waals surface area (Å²) in [7, 11) is 0. The Kier molecular flexibility index (Phi) is 6.51. The van der Waals surface area contributed by atoms with Crippen molar-refractivity contribution in [3.8, 4) is 0 Å². The number of amides is 1. The van der Waals surface area contributed by atoms with Crippen LogP contribution in [0.5, 0.6) is 0 Å². The molecular formula is C23H24N2O3S2. The Labute approximate surface area is 185 Å². The van der Waals surface area contributed by atoms with Gasteiger partial charge in [-0.1, -0.05) is 67.6 Å². The van der Waals surface area contributed by atoms with E-state index >= 15 is 0 Å². The quantitative estimate of drug-likeness (QED) is 0.524. The molecule has 0 bridgehead atoms. The molecule has 2 heterocycles. The summed E-state index contributed by atoms with van der Waals surface area (Å²) in [6.45, 7) is 2.08. The lowest BCUT2D eigenvalue weighted by molar-refractivity contribution is -0.153. The Morgan fingerprint density at radius 2 is 1.77 bits per heavy atom. The SMILES string of the molecule is CCSCC1=C(C(=O)OC(c2ccccc2)c2ccccc2)N2C(=O)C(N)[C@@H]2SC1. The number of esters is 1. The van der Waals surface area contributed by atoms with Gasteiger partial charge in [0.1, 0.15) is 17.1 Å². The molecule has 2 atom stereocenters. The van der Waals surface area contributed by atoms with Crippen LogP contribution < -0.4 is 5.73 Å². The van der Waals surface area contributed by atoms with Gasteiger partial charge in [0.25, 0.3) is 0 Å². The molecule has 30 heavy (non-hydrogen) atoms. The summed E-state index contributed by atoms with van der Waals surface area (Å²) < 4.78 is 6.06. The van der Waals surface area contributed by atoms with Crippen molar-refractivity contribution in [2.45, 2.75) is 24.4 Å². The van der Waals surface area contributed by atoms with E-state index in [0.717, 1.165) is 22.5 Å². The molecular weight excluding hydrogens is 416 g/mol. The van der Waals surface area contributed by atoms with E-state index in [1.165, 1.54) is 0 Å². The lowest BCUT2D eigenvalue weighted by atomic mass is 10.0. The lowest BCUT2D eigenvalue weighted by Gasteiger charge is -2.48. The summed E-state index contributed by atoms with van der Waals surface area (Å²) in [5.74, 6) is 1.63. The molecule has 2 aliphatic heterocycles. The van der Waals surface area contributed by atoms with Crippen molar-refractivity contribution in [2.75, 3.05) is 17.3 Å². The molecule has 4 rings (SSSR count). The van der Waals surface area contributed by atoms with E-state index in [4.69, 9.17) is 10.5 Å². The highest BCUT2D eigenvalue weighted by Crippen LogP contribution is 2.41. The standard InChI is InChI=1S/C23H24N2O3S2/c1-2-29-13-17-14-30-22-18(24)21(26)25(22)19(17)23(27)28-20(15-9-5-3-6-10-15)16-11-7-4-8-12-16/h3-12,18,20,22H,2,13-14,24H2,1H3/t18?,22-/m0/s1. The van der Waals surface area contributed by atoms with Crippen molar-refractivity contribution >= 4 is 35.4 Å². The zero-order valence-corrected chi connectivity index (χ0v) is 18.3. The normalized spacial score (nSPS) is 20.8. The number of hydrogen-bond donors (Lipinski definition) is 1. The second-order valence-corrected chi connectivity index (χ2v) is 9.51. The van der Waals surface area contributed by atoms with Crippen molar-refractivity contribution < 1.29 is 14.3 Å². The summed E-state index contributed by atoms with van der Waals surface area (Å²) in [5.41, 5.74) is 9.06. The number of ether oxygens (including phenoxy) is 1. The first-order valence-electron chi connectivity index (χ1n) is 9.92. The van der Waals surface area contributed by atoms with Gasteiger partial charge in [-0.25, -0.2) is 4.79 Å². The maximum absolute atomic E-state index is 13.4. The second kappa shape index (κ2) is 9.29. The molecule has 0 saturated carbocycles. The first kappa shape index (κ1) is 21.0. The van der Waals surface area contributed by atoms with Crippen LogP contribution >= 0.6 is 23.5 Å². The Balaban J connectivity index is 1.67. The number of nitrogens with zero attached hydrogens (tertiary/aromatic N) is 1. The minimum Gasteiger partial charge on any atom is -0.448 e. The molecule has 2 aromatic carbocycles. The van der Waals surface area contributed by atoms with Gasteiger partial charge < -0.3 is 10.5 Å². The van der Waals surface area contributed by atoms with E-state index in [9.17, 15) is 9.59 Å². The highest BCUT2D eigenvalue weighted by atomic mass is 32.2. The average Bonchev–Trinajstić information content (AvgIpc) is 2.81. The van der Waals surface area contributed by atoms with E-state index in [1.54, 1.807) is 28.4 Å². The lowest BCUT2D eigenvalue weighted by Crippen LogP contribution is -2.68. The molecule has 1 fully saturated rings. The third-order valence-corrected chi connectivity index (χ3v) is 7.51. The third kappa shape index (κ3) is 4.02. The van der Waals surface area contributed by atoms with Crippen molar-refractivity contribution in [2.24, 2.45) is 5.73 Å².